The van der Waals surface area contributed by atoms with E-state index in [4.69, 9.17) is 10.5 Å². The lowest BCUT2D eigenvalue weighted by Gasteiger charge is -2.25. The van der Waals surface area contributed by atoms with Crippen LogP contribution >= 0.6 is 11.8 Å². The molecule has 1 saturated heterocycles. The summed E-state index contributed by atoms with van der Waals surface area (Å²) in [5.41, 5.74) is 7.31. The van der Waals surface area contributed by atoms with Gasteiger partial charge in [0.2, 0.25) is 5.91 Å². The van der Waals surface area contributed by atoms with E-state index in [0.29, 0.717) is 5.92 Å². The third kappa shape index (κ3) is 3.96. The van der Waals surface area contributed by atoms with Crippen LogP contribution in [-0.2, 0) is 4.79 Å². The van der Waals surface area contributed by atoms with Crippen LogP contribution in [0, 0.1) is 0 Å². The van der Waals surface area contributed by atoms with Crippen LogP contribution in [0.15, 0.2) is 24.3 Å². The molecule has 3 atom stereocenters. The highest BCUT2D eigenvalue weighted by molar-refractivity contribution is 7.98. The van der Waals surface area contributed by atoms with Crippen molar-refractivity contribution in [3.05, 3.63) is 29.8 Å². The van der Waals surface area contributed by atoms with Crippen molar-refractivity contribution >= 4 is 17.7 Å². The molecule has 2 N–H and O–H groups in total. The van der Waals surface area contributed by atoms with E-state index in [9.17, 15) is 4.79 Å². The molecule has 2 rings (SSSR count). The van der Waals surface area contributed by atoms with Crippen molar-refractivity contribution < 1.29 is 9.53 Å². The fraction of sp³-hybridized carbons (Fsp3) is 0.588. The molecule has 0 radical (unpaired) electrons. The topological polar surface area (TPSA) is 55.6 Å². The predicted octanol–water partition coefficient (Wildman–Crippen LogP) is 2.48. The van der Waals surface area contributed by atoms with Gasteiger partial charge >= 0.3 is 0 Å². The van der Waals surface area contributed by atoms with Gasteiger partial charge in [0.1, 0.15) is 5.75 Å². The zero-order chi connectivity index (χ0) is 16.1. The van der Waals surface area contributed by atoms with Gasteiger partial charge in [-0.15, -0.1) is 0 Å². The highest BCUT2D eigenvalue weighted by Gasteiger charge is 2.34. The number of rotatable bonds is 6. The molecular formula is C17H26N2O2S. The molecule has 1 aromatic carbocycles. The zero-order valence-corrected chi connectivity index (χ0v) is 14.4. The molecule has 0 aromatic heterocycles. The number of benzene rings is 1. The maximum absolute atomic E-state index is 12.5. The molecule has 0 spiro atoms. The monoisotopic (exact) mass is 322 g/mol. The molecule has 1 aromatic rings. The highest BCUT2D eigenvalue weighted by atomic mass is 32.2. The first-order valence-electron chi connectivity index (χ1n) is 7.75. The van der Waals surface area contributed by atoms with E-state index >= 15 is 0 Å². The Morgan fingerprint density at radius 3 is 2.73 bits per heavy atom. The fourth-order valence-electron chi connectivity index (χ4n) is 3.04. The molecule has 122 valence electrons. The van der Waals surface area contributed by atoms with Crippen molar-refractivity contribution in [2.75, 3.05) is 25.7 Å². The van der Waals surface area contributed by atoms with Gasteiger partial charge in [-0.25, -0.2) is 0 Å². The number of carbonyl (C=O) groups is 1. The van der Waals surface area contributed by atoms with E-state index in [-0.39, 0.29) is 18.0 Å². The van der Waals surface area contributed by atoms with Crippen molar-refractivity contribution in [2.45, 2.75) is 37.8 Å². The second-order valence-electron chi connectivity index (χ2n) is 5.93. The number of amides is 1. The Kier molecular flexibility index (Phi) is 6.15. The minimum Gasteiger partial charge on any atom is -0.497 e. The molecule has 22 heavy (non-hydrogen) atoms. The van der Waals surface area contributed by atoms with Gasteiger partial charge in [-0.2, -0.15) is 11.8 Å². The summed E-state index contributed by atoms with van der Waals surface area (Å²) in [6, 6.07) is 8.03. The molecule has 4 nitrogen and oxygen atoms in total. The Morgan fingerprint density at radius 2 is 2.14 bits per heavy atom. The van der Waals surface area contributed by atoms with Crippen molar-refractivity contribution in [1.29, 1.82) is 0 Å². The fourth-order valence-corrected chi connectivity index (χ4v) is 3.53. The molecule has 1 fully saturated rings. The van der Waals surface area contributed by atoms with Crippen LogP contribution in [0.5, 0.6) is 5.75 Å². The van der Waals surface area contributed by atoms with Gasteiger partial charge in [-0.1, -0.05) is 12.1 Å². The number of methoxy groups -OCH3 is 1. The maximum atomic E-state index is 12.5. The lowest BCUT2D eigenvalue weighted by atomic mass is 9.97. The Hall–Kier alpha value is -1.20. The van der Waals surface area contributed by atoms with E-state index in [2.05, 4.69) is 19.1 Å². The Morgan fingerprint density at radius 1 is 1.45 bits per heavy atom. The molecule has 0 saturated carbocycles. The summed E-state index contributed by atoms with van der Waals surface area (Å²) in [5.74, 6) is 2.27. The van der Waals surface area contributed by atoms with Gasteiger partial charge in [0.25, 0.3) is 0 Å². The van der Waals surface area contributed by atoms with Crippen molar-refractivity contribution in [3.63, 3.8) is 0 Å². The number of nitrogens with zero attached hydrogens (tertiary/aromatic N) is 1. The Balaban J connectivity index is 2.00. The predicted molar refractivity (Wildman–Crippen MR) is 92.5 cm³/mol. The summed E-state index contributed by atoms with van der Waals surface area (Å²) in [7, 11) is 1.67. The molecule has 1 heterocycles. The minimum absolute atomic E-state index is 0.0950. The number of carbonyl (C=O) groups excluding carboxylic acids is 1. The molecule has 0 bridgehead atoms. The van der Waals surface area contributed by atoms with E-state index < -0.39 is 0 Å². The second-order valence-corrected chi connectivity index (χ2v) is 6.92. The summed E-state index contributed by atoms with van der Waals surface area (Å²) < 4.78 is 5.20. The molecule has 1 aliphatic heterocycles. The van der Waals surface area contributed by atoms with Crippen LogP contribution in [0.25, 0.3) is 0 Å². The molecule has 1 amide bonds. The summed E-state index contributed by atoms with van der Waals surface area (Å²) in [6.07, 6.45) is 3.78. The summed E-state index contributed by atoms with van der Waals surface area (Å²) in [6.45, 7) is 2.88. The molecular weight excluding hydrogens is 296 g/mol. The number of nitrogens with two attached hydrogens (primary N) is 1. The number of hydrogen-bond acceptors (Lipinski definition) is 4. The first kappa shape index (κ1) is 17.2. The van der Waals surface area contributed by atoms with Crippen LogP contribution in [0.4, 0.5) is 0 Å². The summed E-state index contributed by atoms with van der Waals surface area (Å²) in [4.78, 5) is 14.5. The molecule has 1 aliphatic rings. The highest BCUT2D eigenvalue weighted by Crippen LogP contribution is 2.32. The van der Waals surface area contributed by atoms with Crippen molar-refractivity contribution in [2.24, 2.45) is 5.73 Å². The van der Waals surface area contributed by atoms with Crippen molar-refractivity contribution in [3.8, 4) is 5.75 Å². The maximum Gasteiger partial charge on any atom is 0.239 e. The van der Waals surface area contributed by atoms with Gasteiger partial charge in [-0.05, 0) is 49.5 Å². The molecule has 0 aliphatic carbocycles. The van der Waals surface area contributed by atoms with Crippen LogP contribution in [0.2, 0.25) is 0 Å². The third-order valence-corrected chi connectivity index (χ3v) is 5.04. The average Bonchev–Trinajstić information content (AvgIpc) is 2.93. The number of thioether (sulfide) groups is 1. The van der Waals surface area contributed by atoms with Gasteiger partial charge in [0, 0.05) is 18.5 Å². The summed E-state index contributed by atoms with van der Waals surface area (Å²) in [5, 5.41) is 0. The van der Waals surface area contributed by atoms with Crippen LogP contribution in [-0.4, -0.2) is 48.6 Å². The standard InChI is InChI=1S/C17H26N2O2S/c1-12-10-14(13-4-6-15(21-2)7-5-13)11-19(12)17(20)16(18)8-9-22-3/h4-7,12,14,16H,8-11,18H2,1-3H3. The smallest absolute Gasteiger partial charge is 0.239 e. The average molecular weight is 322 g/mol. The van der Waals surface area contributed by atoms with E-state index in [1.807, 2.05) is 23.3 Å². The van der Waals surface area contributed by atoms with Crippen molar-refractivity contribution in [1.82, 2.24) is 4.90 Å². The van der Waals surface area contributed by atoms with E-state index in [1.54, 1.807) is 18.9 Å². The minimum atomic E-state index is -0.371. The second kappa shape index (κ2) is 7.88. The van der Waals surface area contributed by atoms with Crippen LogP contribution in [0.1, 0.15) is 31.2 Å². The van der Waals surface area contributed by atoms with Crippen LogP contribution in [0.3, 0.4) is 0 Å². The number of likely N-dealkylation sites (tertiary alicyclic amines) is 1. The van der Waals surface area contributed by atoms with Gasteiger partial charge in [0.05, 0.1) is 13.2 Å². The Bertz CT molecular complexity index is 492. The lowest BCUT2D eigenvalue weighted by molar-refractivity contribution is -0.133. The number of ether oxygens (including phenoxy) is 1. The van der Waals surface area contributed by atoms with E-state index in [0.717, 1.165) is 30.9 Å². The normalized spacial score (nSPS) is 22.6. The number of hydrogen-bond donors (Lipinski definition) is 1. The van der Waals surface area contributed by atoms with Gasteiger partial charge in [0.15, 0.2) is 0 Å². The zero-order valence-electron chi connectivity index (χ0n) is 13.6. The van der Waals surface area contributed by atoms with Gasteiger partial charge < -0.3 is 15.4 Å². The summed E-state index contributed by atoms with van der Waals surface area (Å²) >= 11 is 1.73. The first-order valence-corrected chi connectivity index (χ1v) is 9.15. The SMILES string of the molecule is COc1ccc(C2CC(C)N(C(=O)C(N)CCSC)C2)cc1. The van der Waals surface area contributed by atoms with Crippen LogP contribution < -0.4 is 10.5 Å². The Labute approximate surface area is 137 Å². The van der Waals surface area contributed by atoms with E-state index in [1.165, 1.54) is 5.56 Å². The third-order valence-electron chi connectivity index (χ3n) is 4.40. The molecule has 5 heteroatoms. The largest absolute Gasteiger partial charge is 0.497 e. The molecule has 3 unspecified atom stereocenters. The quantitative estimate of drug-likeness (QED) is 0.874. The first-order chi connectivity index (χ1) is 10.6. The van der Waals surface area contributed by atoms with Gasteiger partial charge in [-0.3, -0.25) is 4.79 Å². The lowest BCUT2D eigenvalue weighted by Crippen LogP contribution is -2.45.